The minimum absolute atomic E-state index is 0.350. The lowest BCUT2D eigenvalue weighted by Gasteiger charge is -2.14. The summed E-state index contributed by atoms with van der Waals surface area (Å²) in [6.45, 7) is 0. The number of hydrogen-bond donors (Lipinski definition) is 0. The van der Waals surface area contributed by atoms with Crippen molar-refractivity contribution in [1.82, 2.24) is 0 Å². The van der Waals surface area contributed by atoms with Gasteiger partial charge >= 0.3 is 22.1 Å². The maximum absolute atomic E-state index is 12.5. The summed E-state index contributed by atoms with van der Waals surface area (Å²) < 4.78 is 71.1. The molecule has 1 heterocycles. The van der Waals surface area contributed by atoms with Crippen LogP contribution in [-0.4, -0.2) is 14.6 Å². The monoisotopic (exact) mass is 268 g/mol. The van der Waals surface area contributed by atoms with Gasteiger partial charge in [0.05, 0.1) is 4.90 Å². The van der Waals surface area contributed by atoms with Gasteiger partial charge in [0.15, 0.2) is 0 Å². The highest BCUT2D eigenvalue weighted by molar-refractivity contribution is 7.86. The van der Waals surface area contributed by atoms with Crippen LogP contribution in [0, 0.1) is 0 Å². The Balaban J connectivity index is 2.38. The summed E-state index contributed by atoms with van der Waals surface area (Å²) in [5.74, 6) is 0. The maximum Gasteiger partial charge on any atom is 0.442 e. The minimum Gasteiger partial charge on any atom is -0.189 e. The van der Waals surface area contributed by atoms with E-state index in [1.165, 1.54) is 0 Å². The van der Waals surface area contributed by atoms with Crippen molar-refractivity contribution in [3.8, 4) is 0 Å². The van der Waals surface area contributed by atoms with Crippen LogP contribution in [0.25, 0.3) is 0 Å². The smallest absolute Gasteiger partial charge is 0.189 e. The predicted octanol–water partition coefficient (Wildman–Crippen LogP) is 2.53. The minimum atomic E-state index is -4.92. The molecule has 0 amide bonds. The van der Waals surface area contributed by atoms with E-state index in [9.17, 15) is 25.5 Å². The largest absolute Gasteiger partial charge is 0.442 e. The fraction of sp³-hybridized carbons (Fsp3) is 0.250. The van der Waals surface area contributed by atoms with Crippen LogP contribution in [0.1, 0.15) is 5.56 Å². The molecule has 0 aliphatic carbocycles. The van der Waals surface area contributed by atoms with Crippen LogP contribution in [-0.2, 0) is 15.9 Å². The van der Waals surface area contributed by atoms with E-state index in [2.05, 4.69) is 10.2 Å². The molecule has 92 valence electrons. The van der Waals surface area contributed by atoms with Gasteiger partial charge in [-0.3, -0.25) is 0 Å². The molecule has 9 heteroatoms. The van der Waals surface area contributed by atoms with Gasteiger partial charge in [-0.15, -0.1) is 14.1 Å². The molecule has 0 saturated carbocycles. The number of halogens is 4. The third-order valence-corrected chi connectivity index (χ3v) is 3.07. The SMILES string of the molecule is O=S(=O)(F)c1ccc(C2(C(F)(F)F)N=N2)cc1. The normalized spacial score (nSPS) is 18.1. The molecule has 4 nitrogen and oxygen atoms in total. The second-order valence-electron chi connectivity index (χ2n) is 3.33. The quantitative estimate of drug-likeness (QED) is 0.611. The second kappa shape index (κ2) is 3.25. The van der Waals surface area contributed by atoms with E-state index >= 15 is 0 Å². The van der Waals surface area contributed by atoms with Gasteiger partial charge in [0.2, 0.25) is 0 Å². The molecule has 17 heavy (non-hydrogen) atoms. The van der Waals surface area contributed by atoms with Gasteiger partial charge in [0.25, 0.3) is 0 Å². The molecule has 1 aromatic rings. The molecule has 0 spiro atoms. The average Bonchev–Trinajstić information content (AvgIpc) is 2.96. The van der Waals surface area contributed by atoms with Crippen molar-refractivity contribution in [2.45, 2.75) is 16.7 Å². The summed E-state index contributed by atoms with van der Waals surface area (Å²) in [6.07, 6.45) is -4.69. The van der Waals surface area contributed by atoms with E-state index in [-0.39, 0.29) is 5.56 Å². The van der Waals surface area contributed by atoms with Gasteiger partial charge in [-0.05, 0) is 12.1 Å². The van der Waals surface area contributed by atoms with Crippen molar-refractivity contribution in [1.29, 1.82) is 0 Å². The molecule has 0 fully saturated rings. The maximum atomic E-state index is 12.5. The van der Waals surface area contributed by atoms with Crippen molar-refractivity contribution < 1.29 is 25.5 Å². The zero-order valence-electron chi connectivity index (χ0n) is 7.94. The van der Waals surface area contributed by atoms with Gasteiger partial charge in [-0.1, -0.05) is 12.1 Å². The van der Waals surface area contributed by atoms with Crippen molar-refractivity contribution in [2.75, 3.05) is 0 Å². The molecule has 0 N–H and O–H groups in total. The topological polar surface area (TPSA) is 58.9 Å². The number of benzene rings is 1. The second-order valence-corrected chi connectivity index (χ2v) is 4.68. The first-order valence-corrected chi connectivity index (χ1v) is 5.61. The fourth-order valence-electron chi connectivity index (χ4n) is 1.29. The number of nitrogens with zero attached hydrogens (tertiary/aromatic N) is 2. The molecular formula is C8H4F4N2O2S. The summed E-state index contributed by atoms with van der Waals surface area (Å²) in [5.41, 5.74) is -2.97. The Morgan fingerprint density at radius 2 is 1.53 bits per heavy atom. The van der Waals surface area contributed by atoms with Crippen LogP contribution in [0.15, 0.2) is 39.4 Å². The molecular weight excluding hydrogens is 264 g/mol. The van der Waals surface area contributed by atoms with E-state index < -0.39 is 27.0 Å². The van der Waals surface area contributed by atoms with Crippen LogP contribution < -0.4 is 0 Å². The van der Waals surface area contributed by atoms with Crippen LogP contribution >= 0.6 is 0 Å². The Labute approximate surface area is 93.2 Å². The molecule has 1 aromatic carbocycles. The highest BCUT2D eigenvalue weighted by Crippen LogP contribution is 2.52. The predicted molar refractivity (Wildman–Crippen MR) is 47.3 cm³/mol. The van der Waals surface area contributed by atoms with Gasteiger partial charge in [-0.25, -0.2) is 0 Å². The van der Waals surface area contributed by atoms with Crippen LogP contribution in [0.3, 0.4) is 0 Å². The molecule has 1 aliphatic heterocycles. The van der Waals surface area contributed by atoms with Gasteiger partial charge in [-0.2, -0.15) is 21.6 Å². The number of hydrogen-bond acceptors (Lipinski definition) is 4. The lowest BCUT2D eigenvalue weighted by atomic mass is 10.0. The van der Waals surface area contributed by atoms with Crippen molar-refractivity contribution >= 4 is 10.2 Å². The molecule has 0 saturated heterocycles. The third kappa shape index (κ3) is 1.90. The first-order valence-electron chi connectivity index (χ1n) is 4.23. The summed E-state index contributed by atoms with van der Waals surface area (Å²) in [5, 5.41) is 5.85. The van der Waals surface area contributed by atoms with Gasteiger partial charge in [0.1, 0.15) is 0 Å². The van der Waals surface area contributed by atoms with Crippen molar-refractivity contribution in [3.05, 3.63) is 29.8 Å². The first kappa shape index (κ1) is 12.0. The van der Waals surface area contributed by atoms with E-state index in [0.717, 1.165) is 24.3 Å². The summed E-state index contributed by atoms with van der Waals surface area (Å²) >= 11 is 0. The molecule has 2 rings (SSSR count). The van der Waals surface area contributed by atoms with Crippen molar-refractivity contribution in [2.24, 2.45) is 10.2 Å². The zero-order chi connectivity index (χ0) is 12.9. The average molecular weight is 268 g/mol. The van der Waals surface area contributed by atoms with Crippen LogP contribution in [0.5, 0.6) is 0 Å². The molecule has 0 unspecified atom stereocenters. The van der Waals surface area contributed by atoms with Crippen LogP contribution in [0.4, 0.5) is 17.1 Å². The Bertz CT molecular complexity index is 571. The lowest BCUT2D eigenvalue weighted by molar-refractivity contribution is -0.166. The van der Waals surface area contributed by atoms with E-state index in [1.54, 1.807) is 0 Å². The number of rotatable bonds is 2. The summed E-state index contributed by atoms with van der Waals surface area (Å²) in [4.78, 5) is -0.709. The highest BCUT2D eigenvalue weighted by Gasteiger charge is 2.65. The summed E-state index contributed by atoms with van der Waals surface area (Å²) in [6, 6.07) is 3.14. The molecule has 0 radical (unpaired) electrons. The standard InChI is InChI=1S/C8H4F4N2O2S/c9-8(10,11)7(13-14-7)5-1-3-6(4-2-5)17(12,15)16/h1-4H. The van der Waals surface area contributed by atoms with E-state index in [4.69, 9.17) is 0 Å². The zero-order valence-corrected chi connectivity index (χ0v) is 8.76. The highest BCUT2D eigenvalue weighted by atomic mass is 32.3. The Hall–Kier alpha value is -1.51. The Morgan fingerprint density at radius 1 is 1.06 bits per heavy atom. The molecule has 0 bridgehead atoms. The third-order valence-electron chi connectivity index (χ3n) is 2.23. The Morgan fingerprint density at radius 3 is 1.82 bits per heavy atom. The van der Waals surface area contributed by atoms with Crippen LogP contribution in [0.2, 0.25) is 0 Å². The first-order chi connectivity index (χ1) is 7.67. The van der Waals surface area contributed by atoms with Crippen molar-refractivity contribution in [3.63, 3.8) is 0 Å². The molecule has 0 atom stereocenters. The van der Waals surface area contributed by atoms with E-state index in [1.807, 2.05) is 0 Å². The molecule has 0 aromatic heterocycles. The van der Waals surface area contributed by atoms with Gasteiger partial charge < -0.3 is 0 Å². The number of alkyl halides is 3. The lowest BCUT2D eigenvalue weighted by Crippen LogP contribution is -2.30. The molecule has 1 aliphatic rings. The van der Waals surface area contributed by atoms with E-state index in [0.29, 0.717) is 0 Å². The fourth-order valence-corrected chi connectivity index (χ4v) is 1.75. The Kier molecular flexibility index (Phi) is 2.29. The van der Waals surface area contributed by atoms with Gasteiger partial charge in [0, 0.05) is 5.56 Å². The summed E-state index contributed by atoms with van der Waals surface area (Å²) in [7, 11) is -4.92.